The Bertz CT molecular complexity index is 657. The first kappa shape index (κ1) is 14.6. The highest BCUT2D eigenvalue weighted by molar-refractivity contribution is 5.97. The molecule has 0 saturated carbocycles. The molecule has 1 aromatic heterocycles. The van der Waals surface area contributed by atoms with Crippen LogP contribution >= 0.6 is 0 Å². The van der Waals surface area contributed by atoms with Crippen LogP contribution < -0.4 is 0 Å². The fourth-order valence-electron chi connectivity index (χ4n) is 2.31. The third-order valence-corrected chi connectivity index (χ3v) is 3.55. The molecule has 1 aromatic carbocycles. The smallest absolute Gasteiger partial charge is 0.374 e. The number of carbonyl (C=O) groups excluding carboxylic acids is 1. The van der Waals surface area contributed by atoms with Crippen LogP contribution in [0.15, 0.2) is 16.5 Å². The Hall–Kier alpha value is -1.77. The quantitative estimate of drug-likeness (QED) is 0.756. The second-order valence-electron chi connectivity index (χ2n) is 6.20. The third-order valence-electron chi connectivity index (χ3n) is 3.55. The number of benzene rings is 1. The van der Waals surface area contributed by atoms with Crippen molar-refractivity contribution in [2.24, 2.45) is 0 Å². The van der Waals surface area contributed by atoms with Gasteiger partial charge in [-0.05, 0) is 43.4 Å². The zero-order chi connectivity index (χ0) is 15.1. The standard InChI is InChI=1S/C17H22O3/c1-7-19-16(18)15-11(3)13-9-12(17(4,5)6)8-10(2)14(13)20-15/h8-9H,7H2,1-6H3. The van der Waals surface area contributed by atoms with Crippen LogP contribution in [0.4, 0.5) is 0 Å². The van der Waals surface area contributed by atoms with Crippen molar-refractivity contribution in [3.63, 3.8) is 0 Å². The summed E-state index contributed by atoms with van der Waals surface area (Å²) in [6.07, 6.45) is 0. The Kier molecular flexibility index (Phi) is 3.63. The molecule has 0 aliphatic carbocycles. The molecule has 0 bridgehead atoms. The lowest BCUT2D eigenvalue weighted by molar-refractivity contribution is 0.0491. The van der Waals surface area contributed by atoms with E-state index in [0.29, 0.717) is 12.4 Å². The minimum atomic E-state index is -0.391. The fraction of sp³-hybridized carbons (Fsp3) is 0.471. The van der Waals surface area contributed by atoms with E-state index in [1.807, 2.05) is 13.8 Å². The average molecular weight is 274 g/mol. The van der Waals surface area contributed by atoms with Gasteiger partial charge in [0.25, 0.3) is 0 Å². The van der Waals surface area contributed by atoms with Crippen LogP contribution in [0.2, 0.25) is 0 Å². The Morgan fingerprint density at radius 2 is 1.90 bits per heavy atom. The Morgan fingerprint density at radius 3 is 2.45 bits per heavy atom. The van der Waals surface area contributed by atoms with Gasteiger partial charge in [0.1, 0.15) is 5.58 Å². The maximum absolute atomic E-state index is 11.9. The number of rotatable bonds is 2. The lowest BCUT2D eigenvalue weighted by Crippen LogP contribution is -2.11. The summed E-state index contributed by atoms with van der Waals surface area (Å²) in [5.74, 6) is -0.0751. The molecule has 0 amide bonds. The molecule has 0 radical (unpaired) electrons. The lowest BCUT2D eigenvalue weighted by atomic mass is 9.85. The summed E-state index contributed by atoms with van der Waals surface area (Å²) in [5.41, 5.74) is 3.98. The van der Waals surface area contributed by atoms with E-state index >= 15 is 0 Å². The molecule has 0 N–H and O–H groups in total. The number of hydrogen-bond acceptors (Lipinski definition) is 3. The number of fused-ring (bicyclic) bond motifs is 1. The normalized spacial score (nSPS) is 11.9. The minimum absolute atomic E-state index is 0.0623. The van der Waals surface area contributed by atoms with E-state index in [9.17, 15) is 4.79 Å². The van der Waals surface area contributed by atoms with Gasteiger partial charge in [0, 0.05) is 10.9 Å². The molecule has 20 heavy (non-hydrogen) atoms. The molecule has 0 atom stereocenters. The van der Waals surface area contributed by atoms with Gasteiger partial charge in [0.2, 0.25) is 5.76 Å². The molecule has 3 nitrogen and oxygen atoms in total. The van der Waals surface area contributed by atoms with Gasteiger partial charge in [-0.2, -0.15) is 0 Å². The average Bonchev–Trinajstić information content (AvgIpc) is 2.67. The van der Waals surface area contributed by atoms with Crippen molar-refractivity contribution in [1.29, 1.82) is 0 Å². The molecule has 0 spiro atoms. The van der Waals surface area contributed by atoms with E-state index in [1.54, 1.807) is 6.92 Å². The van der Waals surface area contributed by atoms with E-state index in [0.717, 1.165) is 22.1 Å². The number of ether oxygens (including phenoxy) is 1. The first-order valence-electron chi connectivity index (χ1n) is 6.97. The summed E-state index contributed by atoms with van der Waals surface area (Å²) in [6.45, 7) is 12.6. The molecule has 2 rings (SSSR count). The van der Waals surface area contributed by atoms with E-state index in [4.69, 9.17) is 9.15 Å². The number of esters is 1. The van der Waals surface area contributed by atoms with Crippen molar-refractivity contribution < 1.29 is 13.9 Å². The predicted molar refractivity (Wildman–Crippen MR) is 80.3 cm³/mol. The van der Waals surface area contributed by atoms with Crippen LogP contribution in [0.1, 0.15) is 54.9 Å². The van der Waals surface area contributed by atoms with Gasteiger partial charge in [-0.25, -0.2) is 4.79 Å². The van der Waals surface area contributed by atoms with Crippen molar-refractivity contribution in [2.45, 2.75) is 47.0 Å². The highest BCUT2D eigenvalue weighted by Gasteiger charge is 2.22. The molecule has 3 heteroatoms. The minimum Gasteiger partial charge on any atom is -0.460 e. The molecule has 1 heterocycles. The molecule has 0 fully saturated rings. The van der Waals surface area contributed by atoms with Crippen LogP contribution in [0.25, 0.3) is 11.0 Å². The number of carbonyl (C=O) groups is 1. The van der Waals surface area contributed by atoms with Crippen molar-refractivity contribution in [1.82, 2.24) is 0 Å². The monoisotopic (exact) mass is 274 g/mol. The Morgan fingerprint density at radius 1 is 1.25 bits per heavy atom. The highest BCUT2D eigenvalue weighted by Crippen LogP contribution is 2.33. The summed E-state index contributed by atoms with van der Waals surface area (Å²) in [4.78, 5) is 11.9. The second-order valence-corrected chi connectivity index (χ2v) is 6.20. The lowest BCUT2D eigenvalue weighted by Gasteiger charge is -2.19. The fourth-order valence-corrected chi connectivity index (χ4v) is 2.31. The number of hydrogen-bond donors (Lipinski definition) is 0. The summed E-state index contributed by atoms with van der Waals surface area (Å²) in [6, 6.07) is 4.24. The molecule has 108 valence electrons. The van der Waals surface area contributed by atoms with Gasteiger partial charge in [0.05, 0.1) is 6.61 Å². The van der Waals surface area contributed by atoms with E-state index in [-0.39, 0.29) is 5.41 Å². The molecule has 0 aliphatic heterocycles. The molecule has 0 unspecified atom stereocenters. The van der Waals surface area contributed by atoms with E-state index < -0.39 is 5.97 Å². The Balaban J connectivity index is 2.66. The van der Waals surface area contributed by atoms with Crippen molar-refractivity contribution in [2.75, 3.05) is 6.61 Å². The van der Waals surface area contributed by atoms with Crippen LogP contribution in [-0.4, -0.2) is 12.6 Å². The number of aryl methyl sites for hydroxylation is 2. The summed E-state index contributed by atoms with van der Waals surface area (Å²) in [5, 5.41) is 0.998. The summed E-state index contributed by atoms with van der Waals surface area (Å²) >= 11 is 0. The summed E-state index contributed by atoms with van der Waals surface area (Å²) in [7, 11) is 0. The number of furan rings is 1. The van der Waals surface area contributed by atoms with Gasteiger partial charge in [-0.1, -0.05) is 26.8 Å². The van der Waals surface area contributed by atoms with Gasteiger partial charge >= 0.3 is 5.97 Å². The first-order chi connectivity index (χ1) is 9.25. The van der Waals surface area contributed by atoms with Crippen molar-refractivity contribution >= 4 is 16.9 Å². The maximum atomic E-state index is 11.9. The van der Waals surface area contributed by atoms with E-state index in [2.05, 4.69) is 32.9 Å². The zero-order valence-corrected chi connectivity index (χ0v) is 13.1. The van der Waals surface area contributed by atoms with Crippen LogP contribution in [0.5, 0.6) is 0 Å². The molecule has 0 aliphatic rings. The summed E-state index contributed by atoms with van der Waals surface area (Å²) < 4.78 is 10.8. The topological polar surface area (TPSA) is 39.4 Å². The first-order valence-corrected chi connectivity index (χ1v) is 6.97. The van der Waals surface area contributed by atoms with Gasteiger partial charge in [-0.3, -0.25) is 0 Å². The molecule has 0 saturated heterocycles. The van der Waals surface area contributed by atoms with Crippen LogP contribution in [0, 0.1) is 13.8 Å². The highest BCUT2D eigenvalue weighted by atomic mass is 16.5. The second kappa shape index (κ2) is 4.97. The van der Waals surface area contributed by atoms with Crippen LogP contribution in [0.3, 0.4) is 0 Å². The Labute approximate surface area is 119 Å². The molecular formula is C17H22O3. The van der Waals surface area contributed by atoms with Gasteiger partial charge in [0.15, 0.2) is 0 Å². The largest absolute Gasteiger partial charge is 0.460 e. The maximum Gasteiger partial charge on any atom is 0.374 e. The van der Waals surface area contributed by atoms with E-state index in [1.165, 1.54) is 5.56 Å². The predicted octanol–water partition coefficient (Wildman–Crippen LogP) is 4.52. The van der Waals surface area contributed by atoms with Gasteiger partial charge < -0.3 is 9.15 Å². The third kappa shape index (κ3) is 2.45. The van der Waals surface area contributed by atoms with Crippen molar-refractivity contribution in [3.8, 4) is 0 Å². The van der Waals surface area contributed by atoms with Crippen LogP contribution in [-0.2, 0) is 10.2 Å². The molecular weight excluding hydrogens is 252 g/mol. The van der Waals surface area contributed by atoms with Gasteiger partial charge in [-0.15, -0.1) is 0 Å². The SMILES string of the molecule is CCOC(=O)c1oc2c(C)cc(C(C)(C)C)cc2c1C. The zero-order valence-electron chi connectivity index (χ0n) is 13.1. The molecule has 2 aromatic rings. The van der Waals surface area contributed by atoms with Crippen molar-refractivity contribution in [3.05, 3.63) is 34.6 Å².